The molecule has 1 N–H and O–H groups in total. The average molecular weight is 408 g/mol. The van der Waals surface area contributed by atoms with Crippen LogP contribution in [0.1, 0.15) is 16.2 Å². The standard InChI is InChI=1S/C21H17FN4O2S/c1-13-8-9-17(28-2)16(11-13)23-21(27)19-24-20(18-7-4-10-29-18)26(25-19)15-6-3-5-14(22)12-15/h3-12H,1-2H3,(H,23,27). The quantitative estimate of drug-likeness (QED) is 0.520. The van der Waals surface area contributed by atoms with Gasteiger partial charge in [0.25, 0.3) is 5.91 Å². The number of carbonyl (C=O) groups excluding carboxylic acids is 1. The summed E-state index contributed by atoms with van der Waals surface area (Å²) in [6.07, 6.45) is 0. The SMILES string of the molecule is COc1ccc(C)cc1NC(=O)c1nc(-c2cccs2)n(-c2cccc(F)c2)n1. The van der Waals surface area contributed by atoms with Gasteiger partial charge in [0.2, 0.25) is 5.82 Å². The van der Waals surface area contributed by atoms with Crippen molar-refractivity contribution in [1.82, 2.24) is 14.8 Å². The van der Waals surface area contributed by atoms with Crippen LogP contribution in [0.25, 0.3) is 16.4 Å². The van der Waals surface area contributed by atoms with Crippen molar-refractivity contribution in [2.75, 3.05) is 12.4 Å². The minimum atomic E-state index is -0.484. The average Bonchev–Trinajstić information content (AvgIpc) is 3.38. The second kappa shape index (κ2) is 7.84. The third-order valence-corrected chi connectivity index (χ3v) is 5.07. The maximum atomic E-state index is 13.7. The first-order valence-corrected chi connectivity index (χ1v) is 9.66. The van der Waals surface area contributed by atoms with Gasteiger partial charge in [-0.3, -0.25) is 4.79 Å². The van der Waals surface area contributed by atoms with E-state index in [2.05, 4.69) is 15.4 Å². The van der Waals surface area contributed by atoms with Crippen LogP contribution in [0.15, 0.2) is 60.0 Å². The van der Waals surface area contributed by atoms with Gasteiger partial charge >= 0.3 is 0 Å². The molecule has 0 aliphatic heterocycles. The van der Waals surface area contributed by atoms with E-state index in [4.69, 9.17) is 4.74 Å². The summed E-state index contributed by atoms with van der Waals surface area (Å²) >= 11 is 1.46. The number of hydrogen-bond donors (Lipinski definition) is 1. The molecule has 0 radical (unpaired) electrons. The molecule has 29 heavy (non-hydrogen) atoms. The Hall–Kier alpha value is -3.52. The van der Waals surface area contributed by atoms with E-state index in [0.29, 0.717) is 22.9 Å². The molecule has 146 valence electrons. The van der Waals surface area contributed by atoms with Crippen molar-refractivity contribution in [1.29, 1.82) is 0 Å². The number of anilines is 1. The van der Waals surface area contributed by atoms with Gasteiger partial charge in [0, 0.05) is 0 Å². The number of rotatable bonds is 5. The number of ether oxygens (including phenoxy) is 1. The van der Waals surface area contributed by atoms with Gasteiger partial charge in [-0.25, -0.2) is 14.1 Å². The van der Waals surface area contributed by atoms with Crippen LogP contribution in [0, 0.1) is 12.7 Å². The molecule has 0 aliphatic carbocycles. The second-order valence-corrected chi connectivity index (χ2v) is 7.23. The topological polar surface area (TPSA) is 69.0 Å². The van der Waals surface area contributed by atoms with E-state index in [1.54, 1.807) is 24.3 Å². The Balaban J connectivity index is 1.74. The van der Waals surface area contributed by atoms with Crippen molar-refractivity contribution in [3.05, 3.63) is 77.2 Å². The number of nitrogens with one attached hydrogen (secondary N) is 1. The molecule has 0 atom stereocenters. The predicted octanol–water partition coefficient (Wildman–Crippen LogP) is 4.70. The molecule has 0 aliphatic rings. The number of methoxy groups -OCH3 is 1. The van der Waals surface area contributed by atoms with E-state index in [9.17, 15) is 9.18 Å². The van der Waals surface area contributed by atoms with Crippen molar-refractivity contribution in [3.63, 3.8) is 0 Å². The molecule has 2 aromatic heterocycles. The molecule has 1 amide bonds. The highest BCUT2D eigenvalue weighted by atomic mass is 32.1. The summed E-state index contributed by atoms with van der Waals surface area (Å²) < 4.78 is 20.5. The predicted molar refractivity (Wildman–Crippen MR) is 110 cm³/mol. The number of benzene rings is 2. The van der Waals surface area contributed by atoms with Gasteiger partial charge < -0.3 is 10.1 Å². The number of thiophene rings is 1. The van der Waals surface area contributed by atoms with E-state index < -0.39 is 11.7 Å². The van der Waals surface area contributed by atoms with E-state index in [-0.39, 0.29) is 5.82 Å². The highest BCUT2D eigenvalue weighted by molar-refractivity contribution is 7.13. The lowest BCUT2D eigenvalue weighted by atomic mass is 10.2. The molecule has 0 fully saturated rings. The van der Waals surface area contributed by atoms with Gasteiger partial charge in [-0.2, -0.15) is 0 Å². The Morgan fingerprint density at radius 1 is 1.17 bits per heavy atom. The van der Waals surface area contributed by atoms with Crippen LogP contribution in [0.3, 0.4) is 0 Å². The van der Waals surface area contributed by atoms with Gasteiger partial charge in [-0.15, -0.1) is 16.4 Å². The van der Waals surface area contributed by atoms with E-state index in [0.717, 1.165) is 10.4 Å². The summed E-state index contributed by atoms with van der Waals surface area (Å²) in [4.78, 5) is 18.1. The summed E-state index contributed by atoms with van der Waals surface area (Å²) in [6.45, 7) is 1.92. The molecule has 6 nitrogen and oxygen atoms in total. The molecule has 4 rings (SSSR count). The minimum absolute atomic E-state index is 0.0266. The monoisotopic (exact) mass is 408 g/mol. The fourth-order valence-electron chi connectivity index (χ4n) is 2.86. The molecule has 2 aromatic carbocycles. The zero-order valence-electron chi connectivity index (χ0n) is 15.7. The molecule has 0 saturated heterocycles. The Labute approximate surface area is 170 Å². The molecule has 0 spiro atoms. The molecular formula is C21H17FN4O2S. The second-order valence-electron chi connectivity index (χ2n) is 6.29. The molecule has 2 heterocycles. The lowest BCUT2D eigenvalue weighted by molar-refractivity contribution is 0.101. The fraction of sp³-hybridized carbons (Fsp3) is 0.0952. The Kier molecular flexibility index (Phi) is 5.09. The largest absolute Gasteiger partial charge is 0.495 e. The molecule has 0 bridgehead atoms. The normalized spacial score (nSPS) is 10.7. The maximum Gasteiger partial charge on any atom is 0.295 e. The summed E-state index contributed by atoms with van der Waals surface area (Å²) in [6, 6.07) is 15.2. The highest BCUT2D eigenvalue weighted by Gasteiger charge is 2.20. The third kappa shape index (κ3) is 3.88. The molecule has 8 heteroatoms. The van der Waals surface area contributed by atoms with E-state index in [1.807, 2.05) is 30.5 Å². The smallest absolute Gasteiger partial charge is 0.295 e. The maximum absolute atomic E-state index is 13.7. The highest BCUT2D eigenvalue weighted by Crippen LogP contribution is 2.28. The van der Waals surface area contributed by atoms with Gasteiger partial charge in [0.15, 0.2) is 5.82 Å². The third-order valence-electron chi connectivity index (χ3n) is 4.21. The van der Waals surface area contributed by atoms with E-state index in [1.165, 1.54) is 35.3 Å². The van der Waals surface area contributed by atoms with Crippen LogP contribution >= 0.6 is 11.3 Å². The fourth-order valence-corrected chi connectivity index (χ4v) is 3.56. The lowest BCUT2D eigenvalue weighted by Crippen LogP contribution is -2.15. The van der Waals surface area contributed by atoms with Crippen LogP contribution in [0.5, 0.6) is 5.75 Å². The Bertz CT molecular complexity index is 1170. The number of aromatic nitrogens is 3. The van der Waals surface area contributed by atoms with Gasteiger partial charge in [0.05, 0.1) is 23.4 Å². The molecule has 4 aromatic rings. The number of carbonyl (C=O) groups is 1. The van der Waals surface area contributed by atoms with Crippen molar-refractivity contribution < 1.29 is 13.9 Å². The molecule has 0 unspecified atom stereocenters. The molecule has 0 saturated carbocycles. The summed E-state index contributed by atoms with van der Waals surface area (Å²) in [5.41, 5.74) is 1.98. The van der Waals surface area contributed by atoms with Crippen molar-refractivity contribution in [2.24, 2.45) is 0 Å². The first-order valence-electron chi connectivity index (χ1n) is 8.78. The van der Waals surface area contributed by atoms with Crippen molar-refractivity contribution >= 4 is 22.9 Å². The number of halogens is 1. The van der Waals surface area contributed by atoms with Crippen LogP contribution in [-0.4, -0.2) is 27.8 Å². The van der Waals surface area contributed by atoms with Crippen LogP contribution < -0.4 is 10.1 Å². The van der Waals surface area contributed by atoms with Crippen molar-refractivity contribution in [2.45, 2.75) is 6.92 Å². The van der Waals surface area contributed by atoms with Crippen LogP contribution in [0.2, 0.25) is 0 Å². The lowest BCUT2D eigenvalue weighted by Gasteiger charge is -2.09. The number of amides is 1. The van der Waals surface area contributed by atoms with Crippen LogP contribution in [-0.2, 0) is 0 Å². The Morgan fingerprint density at radius 3 is 2.76 bits per heavy atom. The zero-order valence-corrected chi connectivity index (χ0v) is 16.5. The molecular weight excluding hydrogens is 391 g/mol. The van der Waals surface area contributed by atoms with E-state index >= 15 is 0 Å². The summed E-state index contributed by atoms with van der Waals surface area (Å²) in [7, 11) is 1.53. The number of nitrogens with zero attached hydrogens (tertiary/aromatic N) is 3. The summed E-state index contributed by atoms with van der Waals surface area (Å²) in [5, 5.41) is 9.04. The summed E-state index contributed by atoms with van der Waals surface area (Å²) in [5.74, 6) is 0.0904. The minimum Gasteiger partial charge on any atom is -0.495 e. The first-order chi connectivity index (χ1) is 14.0. The number of aryl methyl sites for hydroxylation is 1. The number of hydrogen-bond acceptors (Lipinski definition) is 5. The first kappa shape index (κ1) is 18.8. The zero-order chi connectivity index (χ0) is 20.4. The van der Waals surface area contributed by atoms with Gasteiger partial charge in [0.1, 0.15) is 11.6 Å². The van der Waals surface area contributed by atoms with Gasteiger partial charge in [-0.1, -0.05) is 18.2 Å². The van der Waals surface area contributed by atoms with Crippen molar-refractivity contribution in [3.8, 4) is 22.1 Å². The van der Waals surface area contributed by atoms with Crippen LogP contribution in [0.4, 0.5) is 10.1 Å². The van der Waals surface area contributed by atoms with Gasteiger partial charge in [-0.05, 0) is 54.3 Å². The Morgan fingerprint density at radius 2 is 2.03 bits per heavy atom.